The molecule has 5 atom stereocenters. The molecule has 4 N–H and O–H groups in total. The van der Waals surface area contributed by atoms with Crippen LogP contribution in [0.3, 0.4) is 0 Å². The third kappa shape index (κ3) is 2.92. The molecule has 1 aliphatic heterocycles. The van der Waals surface area contributed by atoms with Crippen molar-refractivity contribution in [2.24, 2.45) is 0 Å². The van der Waals surface area contributed by atoms with Gasteiger partial charge in [0.2, 0.25) is 11.7 Å². The van der Waals surface area contributed by atoms with Gasteiger partial charge in [-0.1, -0.05) is 12.1 Å². The minimum atomic E-state index is -4.84. The Hall–Kier alpha value is -1.69. The Kier molecular flexibility index (Phi) is 4.04. The normalized spacial score (nSPS) is 32.1. The first-order chi connectivity index (χ1) is 10.8. The average Bonchev–Trinajstić information content (AvgIpc) is 2.96. The van der Waals surface area contributed by atoms with Crippen molar-refractivity contribution in [1.82, 2.24) is 0 Å². The van der Waals surface area contributed by atoms with Crippen LogP contribution in [0.2, 0.25) is 0 Å². The van der Waals surface area contributed by atoms with Gasteiger partial charge in [-0.05, 0) is 12.1 Å². The van der Waals surface area contributed by atoms with Gasteiger partial charge in [-0.3, -0.25) is 4.55 Å². The number of para-hydroxylation sites is 1. The van der Waals surface area contributed by atoms with Crippen LogP contribution in [0.25, 0.3) is 11.0 Å². The van der Waals surface area contributed by atoms with E-state index in [1.807, 2.05) is 0 Å². The Bertz CT molecular complexity index is 799. The fourth-order valence-electron chi connectivity index (χ4n) is 2.34. The molecule has 1 aromatic heterocycles. The first-order valence-electron chi connectivity index (χ1n) is 6.58. The molecule has 2 aromatic rings. The molecule has 126 valence electrons. The van der Waals surface area contributed by atoms with E-state index in [-0.39, 0.29) is 5.75 Å². The summed E-state index contributed by atoms with van der Waals surface area (Å²) in [6, 6.07) is 6.53. The third-order valence-corrected chi connectivity index (χ3v) is 4.48. The highest BCUT2D eigenvalue weighted by atomic mass is 32.2. The van der Waals surface area contributed by atoms with Gasteiger partial charge in [-0.15, -0.1) is 0 Å². The van der Waals surface area contributed by atoms with E-state index in [0.29, 0.717) is 11.0 Å². The maximum absolute atomic E-state index is 11.2. The lowest BCUT2D eigenvalue weighted by Crippen LogP contribution is -2.61. The van der Waals surface area contributed by atoms with Crippen LogP contribution in [0.5, 0.6) is 5.75 Å². The smallest absolute Gasteiger partial charge is 0.295 e. The Labute approximate surface area is 130 Å². The van der Waals surface area contributed by atoms with Crippen molar-refractivity contribution in [3.63, 3.8) is 0 Å². The Balaban J connectivity index is 1.91. The largest absolute Gasteiger partial charge is 0.460 e. The molecule has 3 rings (SSSR count). The van der Waals surface area contributed by atoms with E-state index < -0.39 is 40.2 Å². The van der Waals surface area contributed by atoms with E-state index >= 15 is 0 Å². The molecule has 1 aromatic carbocycles. The molecular weight excluding hydrogens is 332 g/mol. The maximum atomic E-state index is 11.2. The number of aliphatic hydroxyl groups is 3. The molecule has 1 aliphatic rings. The second-order valence-electron chi connectivity index (χ2n) is 5.07. The molecule has 2 heterocycles. The van der Waals surface area contributed by atoms with Crippen LogP contribution in [0.4, 0.5) is 0 Å². The molecule has 9 nitrogen and oxygen atoms in total. The number of furan rings is 1. The summed E-state index contributed by atoms with van der Waals surface area (Å²) in [5, 5.41) is 30.0. The van der Waals surface area contributed by atoms with Gasteiger partial charge in [-0.2, -0.15) is 8.42 Å². The first-order valence-corrected chi connectivity index (χ1v) is 8.08. The molecule has 0 spiro atoms. The van der Waals surface area contributed by atoms with Gasteiger partial charge >= 0.3 is 0 Å². The van der Waals surface area contributed by atoms with Gasteiger partial charge in [0.1, 0.15) is 18.3 Å². The van der Waals surface area contributed by atoms with Gasteiger partial charge in [0.15, 0.2) is 11.3 Å². The van der Waals surface area contributed by atoms with Gasteiger partial charge in [0, 0.05) is 5.39 Å². The molecule has 0 saturated carbocycles. The SMILES string of the molecule is O=S(=O)(O)C1O[C@@H](Oc2cccc3ccoc23)[C@H](O)[C@@H](O)[C@@H]1O. The fourth-order valence-corrected chi connectivity index (χ4v) is 3.11. The lowest BCUT2D eigenvalue weighted by atomic mass is 10.1. The standard InChI is InChI=1S/C13H14O9S/c14-8-9(15)12(22-13(10(8)16)23(17,18)19)21-7-3-1-2-6-4-5-20-11(6)7/h1-5,8-10,12-16H,(H,17,18,19)/t8-,9-,10+,12-,13?/m1/s1. The highest BCUT2D eigenvalue weighted by Crippen LogP contribution is 2.31. The predicted octanol–water partition coefficient (Wildman–Crippen LogP) is -0.536. The number of benzene rings is 1. The number of hydrogen-bond donors (Lipinski definition) is 4. The van der Waals surface area contributed by atoms with Crippen LogP contribution in [-0.2, 0) is 14.9 Å². The molecule has 0 aliphatic carbocycles. The van der Waals surface area contributed by atoms with Gasteiger partial charge in [0.25, 0.3) is 10.1 Å². The summed E-state index contributed by atoms with van der Waals surface area (Å²) < 4.78 is 47.0. The third-order valence-electron chi connectivity index (χ3n) is 3.51. The molecule has 23 heavy (non-hydrogen) atoms. The van der Waals surface area contributed by atoms with Crippen molar-refractivity contribution in [2.75, 3.05) is 0 Å². The molecule has 0 bridgehead atoms. The molecule has 1 fully saturated rings. The molecule has 1 saturated heterocycles. The molecule has 0 radical (unpaired) electrons. The van der Waals surface area contributed by atoms with E-state index in [4.69, 9.17) is 18.4 Å². The number of rotatable bonds is 3. The lowest BCUT2D eigenvalue weighted by Gasteiger charge is -2.38. The van der Waals surface area contributed by atoms with Crippen LogP contribution in [0.15, 0.2) is 34.9 Å². The summed E-state index contributed by atoms with van der Waals surface area (Å²) in [6.07, 6.45) is -5.89. The number of fused-ring (bicyclic) bond motifs is 1. The minimum Gasteiger partial charge on any atom is -0.460 e. The summed E-state index contributed by atoms with van der Waals surface area (Å²) >= 11 is 0. The van der Waals surface area contributed by atoms with Crippen LogP contribution in [0.1, 0.15) is 0 Å². The zero-order valence-corrected chi connectivity index (χ0v) is 12.3. The number of aliphatic hydroxyl groups excluding tert-OH is 3. The second kappa shape index (κ2) is 5.74. The average molecular weight is 346 g/mol. The van der Waals surface area contributed by atoms with Crippen molar-refractivity contribution in [1.29, 1.82) is 0 Å². The Morgan fingerprint density at radius 3 is 2.48 bits per heavy atom. The van der Waals surface area contributed by atoms with E-state index in [1.54, 1.807) is 18.2 Å². The quantitative estimate of drug-likeness (QED) is 0.538. The van der Waals surface area contributed by atoms with Crippen molar-refractivity contribution < 1.29 is 42.2 Å². The molecule has 10 heteroatoms. The number of ether oxygens (including phenoxy) is 2. The van der Waals surface area contributed by atoms with Crippen LogP contribution in [-0.4, -0.2) is 58.3 Å². The van der Waals surface area contributed by atoms with Gasteiger partial charge in [-0.25, -0.2) is 0 Å². The van der Waals surface area contributed by atoms with Crippen molar-refractivity contribution >= 4 is 21.1 Å². The van der Waals surface area contributed by atoms with E-state index in [9.17, 15) is 23.7 Å². The monoisotopic (exact) mass is 346 g/mol. The van der Waals surface area contributed by atoms with Crippen molar-refractivity contribution in [2.45, 2.75) is 30.0 Å². The van der Waals surface area contributed by atoms with E-state index in [2.05, 4.69) is 0 Å². The predicted molar refractivity (Wildman–Crippen MR) is 75.1 cm³/mol. The fraction of sp³-hybridized carbons (Fsp3) is 0.385. The summed E-state index contributed by atoms with van der Waals surface area (Å²) in [4.78, 5) is 0. The highest BCUT2D eigenvalue weighted by Gasteiger charge is 2.50. The minimum absolute atomic E-state index is 0.134. The molecule has 0 amide bonds. The summed E-state index contributed by atoms with van der Waals surface area (Å²) in [6.45, 7) is 0. The maximum Gasteiger partial charge on any atom is 0.295 e. The van der Waals surface area contributed by atoms with Crippen molar-refractivity contribution in [3.8, 4) is 5.75 Å². The summed E-state index contributed by atoms with van der Waals surface area (Å²) in [7, 11) is -4.84. The van der Waals surface area contributed by atoms with Crippen molar-refractivity contribution in [3.05, 3.63) is 30.5 Å². The zero-order valence-electron chi connectivity index (χ0n) is 11.5. The number of hydrogen-bond acceptors (Lipinski definition) is 8. The summed E-state index contributed by atoms with van der Waals surface area (Å²) in [5.41, 5.74) is -1.82. The van der Waals surface area contributed by atoms with E-state index in [0.717, 1.165) is 0 Å². The topological polar surface area (TPSA) is 147 Å². The first kappa shape index (κ1) is 16.2. The molecular formula is C13H14O9S. The van der Waals surface area contributed by atoms with Gasteiger partial charge in [0.05, 0.1) is 6.26 Å². The zero-order chi connectivity index (χ0) is 16.8. The van der Waals surface area contributed by atoms with E-state index in [1.165, 1.54) is 12.3 Å². The highest BCUT2D eigenvalue weighted by molar-refractivity contribution is 7.86. The summed E-state index contributed by atoms with van der Waals surface area (Å²) in [5.74, 6) is 0.134. The van der Waals surface area contributed by atoms with Crippen LogP contribution < -0.4 is 4.74 Å². The van der Waals surface area contributed by atoms with Gasteiger partial charge < -0.3 is 29.2 Å². The van der Waals surface area contributed by atoms with Crippen LogP contribution >= 0.6 is 0 Å². The lowest BCUT2D eigenvalue weighted by molar-refractivity contribution is -0.254. The Morgan fingerprint density at radius 2 is 1.78 bits per heavy atom. The second-order valence-corrected chi connectivity index (χ2v) is 6.57. The molecule has 1 unspecified atom stereocenters. The van der Waals surface area contributed by atoms with Crippen LogP contribution in [0, 0.1) is 0 Å². The Morgan fingerprint density at radius 1 is 1.04 bits per heavy atom.